The SMILES string of the molecule is CO[C@@H]1C[C@H](S(=O)(=O)c2ccc(N3CCN(C)CC3)cc2C(F)(F)F)C[C@H]1C(=O)NC1(C#N)CC1.CO[C@H]1C[C@@H](S(=O)(=O)c2ccc(N3CCN(C)CC3)cc2C(F)(F)F)C[C@@H]1C(=O)NC1(C#N)CC1. The van der Waals surface area contributed by atoms with Crippen molar-refractivity contribution >= 4 is 42.9 Å². The quantitative estimate of drug-likeness (QED) is 0.283. The number of nitrogens with zero attached hydrogens (tertiary/aromatic N) is 6. The third-order valence-electron chi connectivity index (χ3n) is 14.6. The second-order valence-electron chi connectivity index (χ2n) is 19.3. The van der Waals surface area contributed by atoms with E-state index in [2.05, 4.69) is 20.4 Å². The number of amides is 2. The number of sulfone groups is 2. The Balaban J connectivity index is 0.000000206. The first-order chi connectivity index (χ1) is 32.8. The maximum absolute atomic E-state index is 14.0. The smallest absolute Gasteiger partial charge is 0.381 e. The lowest BCUT2D eigenvalue weighted by molar-refractivity contribution is -0.140. The summed E-state index contributed by atoms with van der Waals surface area (Å²) < 4.78 is 149. The minimum Gasteiger partial charge on any atom is -0.381 e. The summed E-state index contributed by atoms with van der Waals surface area (Å²) in [5.74, 6) is -2.75. The molecular weight excluding hydrogens is 971 g/mol. The van der Waals surface area contributed by atoms with E-state index in [9.17, 15) is 63.3 Å². The lowest BCUT2D eigenvalue weighted by atomic mass is 10.0. The van der Waals surface area contributed by atoms with Crippen LogP contribution in [0.15, 0.2) is 46.2 Å². The lowest BCUT2D eigenvalue weighted by Gasteiger charge is -2.34. The Morgan fingerprint density at radius 1 is 0.600 bits per heavy atom. The van der Waals surface area contributed by atoms with E-state index < -0.39 is 110 Å². The predicted octanol–water partition coefficient (Wildman–Crippen LogP) is 4.39. The Morgan fingerprint density at radius 2 is 0.929 bits per heavy atom. The van der Waals surface area contributed by atoms with Gasteiger partial charge in [0.15, 0.2) is 19.7 Å². The lowest BCUT2D eigenvalue weighted by Crippen LogP contribution is -2.44. The highest BCUT2D eigenvalue weighted by Crippen LogP contribution is 2.45. The van der Waals surface area contributed by atoms with Crippen LogP contribution in [-0.4, -0.2) is 153 Å². The molecule has 24 heteroatoms. The molecule has 2 aromatic carbocycles. The number of rotatable bonds is 12. The van der Waals surface area contributed by atoms with Crippen LogP contribution >= 0.6 is 0 Å². The number of alkyl halides is 6. The molecule has 6 aliphatic rings. The van der Waals surface area contributed by atoms with Gasteiger partial charge in [0.1, 0.15) is 11.1 Å². The summed E-state index contributed by atoms with van der Waals surface area (Å²) in [5, 5.41) is 21.4. The second-order valence-corrected chi connectivity index (χ2v) is 23.7. The maximum Gasteiger partial charge on any atom is 0.417 e. The Labute approximate surface area is 404 Å². The molecule has 8 rings (SSSR count). The molecule has 0 bridgehead atoms. The van der Waals surface area contributed by atoms with Crippen LogP contribution < -0.4 is 20.4 Å². The minimum absolute atomic E-state index is 0.103. The number of carbonyl (C=O) groups is 2. The first-order valence-electron chi connectivity index (χ1n) is 23.1. The van der Waals surface area contributed by atoms with Crippen LogP contribution in [0.25, 0.3) is 0 Å². The number of anilines is 2. The number of hydrogen-bond acceptors (Lipinski definition) is 14. The molecule has 70 heavy (non-hydrogen) atoms. The Kier molecular flexibility index (Phi) is 15.2. The van der Waals surface area contributed by atoms with Crippen molar-refractivity contribution in [3.8, 4) is 12.1 Å². The average molecular weight is 1030 g/mol. The molecule has 16 nitrogen and oxygen atoms in total. The fraction of sp³-hybridized carbons (Fsp3) is 0.652. The van der Waals surface area contributed by atoms with E-state index in [1.165, 1.54) is 26.4 Å². The molecule has 0 unspecified atom stereocenters. The molecule has 4 saturated carbocycles. The molecule has 0 spiro atoms. The molecule has 2 aliphatic heterocycles. The van der Waals surface area contributed by atoms with E-state index in [4.69, 9.17) is 9.47 Å². The molecular formula is C46H58F6N8O8S2. The molecule has 384 valence electrons. The average Bonchev–Trinajstić information content (AvgIpc) is 4.17. The number of carbonyl (C=O) groups excluding carboxylic acids is 2. The molecule has 2 saturated heterocycles. The first kappa shape index (κ1) is 53.1. The van der Waals surface area contributed by atoms with Gasteiger partial charge in [0.25, 0.3) is 0 Å². The Hall–Kier alpha value is -4.72. The fourth-order valence-corrected chi connectivity index (χ4v) is 13.8. The largest absolute Gasteiger partial charge is 0.417 e. The normalized spacial score (nSPS) is 26.9. The van der Waals surface area contributed by atoms with Gasteiger partial charge in [0.2, 0.25) is 11.8 Å². The number of piperazine rings is 2. The molecule has 0 radical (unpaired) electrons. The van der Waals surface area contributed by atoms with E-state index in [1.54, 1.807) is 0 Å². The summed E-state index contributed by atoms with van der Waals surface area (Å²) in [7, 11) is -2.31. The maximum atomic E-state index is 14.0. The van der Waals surface area contributed by atoms with Crippen LogP contribution in [0.2, 0.25) is 0 Å². The van der Waals surface area contributed by atoms with Crippen LogP contribution in [0.5, 0.6) is 0 Å². The zero-order valence-corrected chi connectivity index (χ0v) is 40.9. The topological polar surface area (TPSA) is 205 Å². The van der Waals surface area contributed by atoms with Crippen molar-refractivity contribution in [3.63, 3.8) is 0 Å². The molecule has 0 aromatic heterocycles. The fourth-order valence-electron chi connectivity index (χ4n) is 9.78. The van der Waals surface area contributed by atoms with Crippen LogP contribution in [0, 0.1) is 34.5 Å². The molecule has 2 amide bonds. The van der Waals surface area contributed by atoms with E-state index in [1.807, 2.05) is 36.0 Å². The van der Waals surface area contributed by atoms with Gasteiger partial charge in [-0.2, -0.15) is 36.9 Å². The minimum atomic E-state index is -4.87. The number of ether oxygens (including phenoxy) is 2. The van der Waals surface area contributed by atoms with E-state index >= 15 is 0 Å². The highest BCUT2D eigenvalue weighted by atomic mass is 32.2. The molecule has 2 heterocycles. The number of nitriles is 2. The van der Waals surface area contributed by atoms with Crippen molar-refractivity contribution in [1.29, 1.82) is 10.5 Å². The summed E-state index contributed by atoms with van der Waals surface area (Å²) in [4.78, 5) is 31.8. The first-order valence-corrected chi connectivity index (χ1v) is 26.2. The Bertz CT molecular complexity index is 2420. The zero-order chi connectivity index (χ0) is 51.2. The summed E-state index contributed by atoms with van der Waals surface area (Å²) in [6.07, 6.45) is -9.80. The number of likely N-dealkylation sites (N-methyl/N-ethyl adjacent to an activating group) is 2. The van der Waals surface area contributed by atoms with Crippen LogP contribution in [0.4, 0.5) is 37.7 Å². The van der Waals surface area contributed by atoms with Crippen molar-refractivity contribution in [2.75, 3.05) is 90.5 Å². The summed E-state index contributed by atoms with van der Waals surface area (Å²) in [6.45, 7) is 4.93. The molecule has 2 N–H and O–H groups in total. The van der Waals surface area contributed by atoms with E-state index in [-0.39, 0.29) is 25.7 Å². The van der Waals surface area contributed by atoms with Gasteiger partial charge in [0, 0.05) is 78.0 Å². The number of halogens is 6. The highest BCUT2D eigenvalue weighted by Gasteiger charge is 2.53. The van der Waals surface area contributed by atoms with E-state index in [0.29, 0.717) is 89.4 Å². The van der Waals surface area contributed by atoms with Crippen LogP contribution in [-0.2, 0) is 51.1 Å². The van der Waals surface area contributed by atoms with Gasteiger partial charge in [-0.25, -0.2) is 16.8 Å². The van der Waals surface area contributed by atoms with Crippen molar-refractivity contribution in [1.82, 2.24) is 20.4 Å². The van der Waals surface area contributed by atoms with Crippen molar-refractivity contribution in [2.45, 2.75) is 107 Å². The van der Waals surface area contributed by atoms with Gasteiger partial charge < -0.3 is 39.7 Å². The third-order valence-corrected chi connectivity index (χ3v) is 19.1. The zero-order valence-electron chi connectivity index (χ0n) is 39.3. The van der Waals surface area contributed by atoms with Gasteiger partial charge >= 0.3 is 12.4 Å². The second kappa shape index (κ2) is 20.1. The number of hydrogen-bond donors (Lipinski definition) is 2. The molecule has 6 fully saturated rings. The van der Waals surface area contributed by atoms with Gasteiger partial charge in [-0.05, 0) is 102 Å². The molecule has 2 aromatic rings. The highest BCUT2D eigenvalue weighted by molar-refractivity contribution is 7.92. The number of nitrogens with one attached hydrogen (secondary N) is 2. The summed E-state index contributed by atoms with van der Waals surface area (Å²) in [5.41, 5.74) is -3.61. The van der Waals surface area contributed by atoms with Gasteiger partial charge in [0.05, 0.1) is 67.6 Å². The molecule has 6 atom stereocenters. The van der Waals surface area contributed by atoms with Gasteiger partial charge in [-0.1, -0.05) is 0 Å². The van der Waals surface area contributed by atoms with Crippen molar-refractivity contribution in [2.24, 2.45) is 11.8 Å². The monoisotopic (exact) mass is 1030 g/mol. The predicted molar refractivity (Wildman–Crippen MR) is 243 cm³/mol. The van der Waals surface area contributed by atoms with E-state index in [0.717, 1.165) is 24.3 Å². The third kappa shape index (κ3) is 11.3. The van der Waals surface area contributed by atoms with Gasteiger partial charge in [-0.3, -0.25) is 9.59 Å². The summed E-state index contributed by atoms with van der Waals surface area (Å²) in [6, 6.07) is 10.8. The number of benzene rings is 2. The number of methoxy groups -OCH3 is 2. The standard InChI is InChI=1S/2C23H29F3N4O4S/c2*1-29-7-9-30(10-8-29)15-3-4-20(18(11-15)23(24,25)26)35(32,33)16-12-17(19(13-16)34-2)21(31)28-22(14-27)5-6-22/h2*3-4,11,16-17,19H,5-10,12-13H2,1-2H3,(H,28,31)/t2*16-,17-,19-/m10/s1. The van der Waals surface area contributed by atoms with Crippen molar-refractivity contribution < 1.29 is 62.2 Å². The Morgan fingerprint density at radius 3 is 1.20 bits per heavy atom. The summed E-state index contributed by atoms with van der Waals surface area (Å²) >= 11 is 0. The van der Waals surface area contributed by atoms with Crippen LogP contribution in [0.3, 0.4) is 0 Å². The molecule has 4 aliphatic carbocycles. The van der Waals surface area contributed by atoms with Crippen molar-refractivity contribution in [3.05, 3.63) is 47.5 Å². The van der Waals surface area contributed by atoms with Gasteiger partial charge in [-0.15, -0.1) is 0 Å². The van der Waals surface area contributed by atoms with Crippen LogP contribution in [0.1, 0.15) is 62.5 Å².